The van der Waals surface area contributed by atoms with Gasteiger partial charge in [0.25, 0.3) is 0 Å². The predicted octanol–water partition coefficient (Wildman–Crippen LogP) is -1.19. The summed E-state index contributed by atoms with van der Waals surface area (Å²) >= 11 is 2.75. The smallest absolute Gasteiger partial charge is 0.218 e. The topological polar surface area (TPSA) is 92.3 Å². The maximum absolute atomic E-state index is 10.8. The molecule has 2 N–H and O–H groups in total. The summed E-state index contributed by atoms with van der Waals surface area (Å²) in [7, 11) is -5.45. The first-order valence-corrected chi connectivity index (χ1v) is 7.70. The van der Waals surface area contributed by atoms with Gasteiger partial charge in [0.15, 0.2) is 0 Å². The second-order valence-corrected chi connectivity index (χ2v) is 7.30. The number of halogens is 1. The van der Waals surface area contributed by atoms with Crippen LogP contribution in [0.3, 0.4) is 0 Å². The number of rotatable bonds is 6. The monoisotopic (exact) mass is 294 g/mol. The molecule has 0 aromatic carbocycles. The van der Waals surface area contributed by atoms with Gasteiger partial charge < -0.3 is 0 Å². The van der Waals surface area contributed by atoms with Gasteiger partial charge in [-0.25, -0.2) is 26.3 Å². The van der Waals surface area contributed by atoms with Crippen LogP contribution in [0.4, 0.5) is 0 Å². The lowest BCUT2D eigenvalue weighted by Gasteiger charge is -2.03. The number of sulfonamides is 2. The van der Waals surface area contributed by atoms with Crippen molar-refractivity contribution < 1.29 is 16.8 Å². The van der Waals surface area contributed by atoms with E-state index >= 15 is 0 Å². The highest BCUT2D eigenvalue weighted by Crippen LogP contribution is 1.90. The van der Waals surface area contributed by atoms with Gasteiger partial charge in [0.05, 0.1) is 5.75 Å². The minimum Gasteiger partial charge on any atom is -0.218 e. The van der Waals surface area contributed by atoms with E-state index in [1.165, 1.54) is 7.05 Å². The fourth-order valence-corrected chi connectivity index (χ4v) is 2.15. The van der Waals surface area contributed by atoms with Gasteiger partial charge in [0, 0.05) is 6.54 Å². The third-order valence-corrected chi connectivity index (χ3v) is 5.25. The van der Waals surface area contributed by atoms with Crippen LogP contribution in [-0.2, 0) is 20.0 Å². The Balaban J connectivity index is 3.96. The molecule has 0 aliphatic carbocycles. The van der Waals surface area contributed by atoms with Crippen molar-refractivity contribution in [2.75, 3.05) is 24.0 Å². The molecular weight excluding hydrogens is 284 g/mol. The summed E-state index contributed by atoms with van der Waals surface area (Å²) in [5, 5.41) is 0. The van der Waals surface area contributed by atoms with Gasteiger partial charge in [0.2, 0.25) is 20.0 Å². The Bertz CT molecular complexity index is 301. The molecule has 80 valence electrons. The lowest BCUT2D eigenvalue weighted by Crippen LogP contribution is -2.33. The zero-order chi connectivity index (χ0) is 10.5. The van der Waals surface area contributed by atoms with Gasteiger partial charge in [0.1, 0.15) is 4.66 Å². The molecule has 0 aromatic heterocycles. The van der Waals surface area contributed by atoms with E-state index in [4.69, 9.17) is 0 Å². The maximum atomic E-state index is 10.8. The first-order chi connectivity index (χ1) is 5.83. The Labute approximate surface area is 86.3 Å². The van der Waals surface area contributed by atoms with Gasteiger partial charge in [-0.15, -0.1) is 0 Å². The zero-order valence-corrected chi connectivity index (χ0v) is 10.2. The van der Waals surface area contributed by atoms with E-state index in [0.29, 0.717) is 0 Å². The highest BCUT2D eigenvalue weighted by molar-refractivity contribution is 9.10. The molecule has 0 saturated carbocycles. The summed E-state index contributed by atoms with van der Waals surface area (Å²) in [5.74, 6) is -0.268. The first-order valence-electron chi connectivity index (χ1n) is 3.27. The van der Waals surface area contributed by atoms with Crippen molar-refractivity contribution >= 4 is 36.0 Å². The van der Waals surface area contributed by atoms with Gasteiger partial charge in [-0.3, -0.25) is 0 Å². The minimum atomic E-state index is -3.38. The summed E-state index contributed by atoms with van der Waals surface area (Å²) in [4.78, 5) is 0. The van der Waals surface area contributed by atoms with Crippen molar-refractivity contribution in [2.45, 2.75) is 0 Å². The molecule has 0 aliphatic rings. The van der Waals surface area contributed by atoms with Gasteiger partial charge in [-0.05, 0) is 7.05 Å². The molecular formula is C4H11BrN2O4S2. The molecule has 0 unspecified atom stereocenters. The van der Waals surface area contributed by atoms with Crippen LogP contribution >= 0.6 is 15.9 Å². The summed E-state index contributed by atoms with van der Waals surface area (Å²) in [6, 6.07) is 0. The van der Waals surface area contributed by atoms with E-state index in [-0.39, 0.29) is 17.0 Å². The van der Waals surface area contributed by atoms with E-state index < -0.39 is 20.0 Å². The van der Waals surface area contributed by atoms with Crippen LogP contribution in [0.2, 0.25) is 0 Å². The predicted molar refractivity (Wildman–Crippen MR) is 53.6 cm³/mol. The molecule has 0 spiro atoms. The van der Waals surface area contributed by atoms with Crippen LogP contribution in [-0.4, -0.2) is 40.8 Å². The molecule has 0 aromatic rings. The van der Waals surface area contributed by atoms with Crippen molar-refractivity contribution in [2.24, 2.45) is 0 Å². The average Bonchev–Trinajstić information content (AvgIpc) is 2.04. The summed E-state index contributed by atoms with van der Waals surface area (Å²) in [6.45, 7) is -0.128. The molecule has 0 rings (SSSR count). The number of nitrogens with one attached hydrogen (secondary N) is 2. The SMILES string of the molecule is CNS(=O)(=O)CCNS(=O)(=O)CBr. The molecule has 0 heterocycles. The highest BCUT2D eigenvalue weighted by Gasteiger charge is 2.10. The second-order valence-electron chi connectivity index (χ2n) is 2.14. The van der Waals surface area contributed by atoms with E-state index in [2.05, 4.69) is 25.4 Å². The molecule has 0 atom stereocenters. The van der Waals surface area contributed by atoms with Gasteiger partial charge in [-0.1, -0.05) is 15.9 Å². The molecule has 0 bridgehead atoms. The fourth-order valence-electron chi connectivity index (χ4n) is 0.472. The average molecular weight is 295 g/mol. The summed E-state index contributed by atoms with van der Waals surface area (Å²) in [5.41, 5.74) is 0. The van der Waals surface area contributed by atoms with Crippen molar-refractivity contribution in [1.82, 2.24) is 9.44 Å². The second kappa shape index (κ2) is 5.25. The Morgan fingerprint density at radius 2 is 1.69 bits per heavy atom. The molecule has 0 radical (unpaired) electrons. The van der Waals surface area contributed by atoms with Crippen LogP contribution in [0, 0.1) is 0 Å². The molecule has 0 fully saturated rings. The first kappa shape index (κ1) is 13.3. The lowest BCUT2D eigenvalue weighted by atomic mass is 10.8. The molecule has 13 heavy (non-hydrogen) atoms. The Kier molecular flexibility index (Phi) is 5.37. The largest absolute Gasteiger partial charge is 0.221 e. The quantitative estimate of drug-likeness (QED) is 0.603. The Hall–Kier alpha value is 0.300. The van der Waals surface area contributed by atoms with E-state index in [1.807, 2.05) is 0 Å². The molecule has 0 saturated heterocycles. The van der Waals surface area contributed by atoms with Crippen LogP contribution in [0.5, 0.6) is 0 Å². The van der Waals surface area contributed by atoms with Crippen LogP contribution in [0.25, 0.3) is 0 Å². The Morgan fingerprint density at radius 3 is 2.08 bits per heavy atom. The van der Waals surface area contributed by atoms with Crippen LogP contribution < -0.4 is 9.44 Å². The van der Waals surface area contributed by atoms with Gasteiger partial charge in [-0.2, -0.15) is 0 Å². The van der Waals surface area contributed by atoms with Crippen LogP contribution in [0.15, 0.2) is 0 Å². The van der Waals surface area contributed by atoms with E-state index in [9.17, 15) is 16.8 Å². The van der Waals surface area contributed by atoms with Crippen molar-refractivity contribution in [3.63, 3.8) is 0 Å². The van der Waals surface area contributed by atoms with Crippen molar-refractivity contribution in [3.05, 3.63) is 0 Å². The number of alkyl halides is 1. The normalized spacial score (nSPS) is 13.1. The molecule has 0 amide bonds. The molecule has 6 nitrogen and oxygen atoms in total. The van der Waals surface area contributed by atoms with Crippen molar-refractivity contribution in [3.8, 4) is 0 Å². The minimum absolute atomic E-state index is 0.128. The summed E-state index contributed by atoms with van der Waals surface area (Å²) in [6.07, 6.45) is 0. The molecule has 0 aliphatic heterocycles. The van der Waals surface area contributed by atoms with Crippen molar-refractivity contribution in [1.29, 1.82) is 0 Å². The van der Waals surface area contributed by atoms with E-state index in [1.54, 1.807) is 0 Å². The summed E-state index contributed by atoms with van der Waals surface area (Å²) < 4.78 is 47.2. The third-order valence-electron chi connectivity index (χ3n) is 1.15. The van der Waals surface area contributed by atoms with E-state index in [0.717, 1.165) is 0 Å². The number of hydrogen-bond acceptors (Lipinski definition) is 4. The lowest BCUT2D eigenvalue weighted by molar-refractivity contribution is 0.581. The standard InChI is InChI=1S/C4H11BrN2O4S2/c1-6-12(8,9)3-2-7-13(10,11)4-5/h6-7H,2-4H2,1H3. The van der Waals surface area contributed by atoms with Gasteiger partial charge >= 0.3 is 0 Å². The maximum Gasteiger partial charge on any atom is 0.221 e. The third kappa shape index (κ3) is 6.38. The Morgan fingerprint density at radius 1 is 1.15 bits per heavy atom. The fraction of sp³-hybridized carbons (Fsp3) is 1.00. The molecule has 9 heteroatoms. The number of hydrogen-bond donors (Lipinski definition) is 2. The highest BCUT2D eigenvalue weighted by atomic mass is 79.9. The van der Waals surface area contributed by atoms with Crippen LogP contribution in [0.1, 0.15) is 0 Å². The zero-order valence-electron chi connectivity index (χ0n) is 6.95.